The summed E-state index contributed by atoms with van der Waals surface area (Å²) in [4.78, 5) is 30.1. The Hall–Kier alpha value is -2.55. The fraction of sp³-hybridized carbons (Fsp3) is 0.588. The molecule has 2 aromatic carbocycles. The Labute approximate surface area is 251 Å². The van der Waals surface area contributed by atoms with Crippen molar-refractivity contribution in [3.63, 3.8) is 0 Å². The van der Waals surface area contributed by atoms with Gasteiger partial charge in [0, 0.05) is 30.7 Å². The second-order valence-corrected chi connectivity index (χ2v) is 16.9. The number of benzene rings is 2. The molecule has 3 heterocycles. The first-order valence-corrected chi connectivity index (χ1v) is 18.8. The lowest BCUT2D eigenvalue weighted by Crippen LogP contribution is -2.48. The summed E-state index contributed by atoms with van der Waals surface area (Å²) in [6.07, 6.45) is 6.52. The Bertz CT molecular complexity index is 1250. The van der Waals surface area contributed by atoms with Crippen molar-refractivity contribution in [3.05, 3.63) is 65.2 Å². The minimum absolute atomic E-state index is 0.00399. The fourth-order valence-corrected chi connectivity index (χ4v) is 10.1. The molecular weight excluding hydrogens is 547 g/mol. The molecule has 6 nitrogen and oxygen atoms in total. The first kappa shape index (κ1) is 30.9. The maximum Gasteiger partial charge on any atom is 0.246 e. The number of aryl methyl sites for hydroxylation is 1. The number of halogens is 1. The van der Waals surface area contributed by atoms with E-state index in [1.165, 1.54) is 5.56 Å². The van der Waals surface area contributed by atoms with Crippen molar-refractivity contribution < 1.29 is 23.5 Å². The van der Waals surface area contributed by atoms with E-state index >= 15 is 4.11 Å². The smallest absolute Gasteiger partial charge is 0.246 e. The molecule has 3 aliphatic heterocycles. The molecule has 0 spiro atoms. The summed E-state index contributed by atoms with van der Waals surface area (Å²) < 4.78 is 22.3. The van der Waals surface area contributed by atoms with Crippen LogP contribution in [0.4, 0.5) is 9.80 Å². The minimum atomic E-state index is -3.14. The van der Waals surface area contributed by atoms with Crippen LogP contribution in [0.25, 0.3) is 0 Å². The van der Waals surface area contributed by atoms with Crippen molar-refractivity contribution in [2.45, 2.75) is 108 Å². The van der Waals surface area contributed by atoms with E-state index in [0.717, 1.165) is 61.9 Å². The number of carbonyl (C=O) groups excluding carboxylic acids is 2. The summed E-state index contributed by atoms with van der Waals surface area (Å²) in [7, 11) is -3.14. The van der Waals surface area contributed by atoms with Gasteiger partial charge < -0.3 is 23.8 Å². The van der Waals surface area contributed by atoms with Gasteiger partial charge in [-0.1, -0.05) is 56.2 Å². The van der Waals surface area contributed by atoms with E-state index in [2.05, 4.69) is 25.1 Å². The van der Waals surface area contributed by atoms with Crippen LogP contribution >= 0.6 is 0 Å². The van der Waals surface area contributed by atoms with Crippen LogP contribution in [0.15, 0.2) is 48.5 Å². The first-order chi connectivity index (χ1) is 20.2. The molecule has 3 aliphatic rings. The van der Waals surface area contributed by atoms with E-state index in [1.54, 1.807) is 18.0 Å². The van der Waals surface area contributed by atoms with Crippen molar-refractivity contribution in [3.8, 4) is 0 Å². The molecule has 0 aliphatic carbocycles. The molecule has 228 valence electrons. The van der Waals surface area contributed by atoms with E-state index in [-0.39, 0.29) is 48.4 Å². The molecule has 0 unspecified atom stereocenters. The van der Waals surface area contributed by atoms with E-state index < -0.39 is 14.5 Å². The van der Waals surface area contributed by atoms with Gasteiger partial charge in [-0.05, 0) is 79.9 Å². The molecule has 5 atom stereocenters. The molecule has 42 heavy (non-hydrogen) atoms. The van der Waals surface area contributed by atoms with E-state index in [9.17, 15) is 14.7 Å². The number of aliphatic hydroxyl groups is 1. The molecule has 2 amide bonds. The van der Waals surface area contributed by atoms with Crippen LogP contribution in [-0.2, 0) is 33.7 Å². The highest BCUT2D eigenvalue weighted by Gasteiger charge is 2.52. The number of carbonyl (C=O) groups is 2. The Balaban J connectivity index is 1.26. The molecule has 0 saturated carbocycles. The van der Waals surface area contributed by atoms with Gasteiger partial charge in [0.1, 0.15) is 0 Å². The highest BCUT2D eigenvalue weighted by molar-refractivity contribution is 6.72. The van der Waals surface area contributed by atoms with Crippen molar-refractivity contribution in [1.82, 2.24) is 4.90 Å². The number of nitrogens with zero attached hydrogens (tertiary/aromatic N) is 2. The van der Waals surface area contributed by atoms with Gasteiger partial charge in [-0.2, -0.15) is 0 Å². The minimum Gasteiger partial charge on any atom is -0.394 e. The zero-order chi connectivity index (χ0) is 29.9. The van der Waals surface area contributed by atoms with E-state index in [1.807, 2.05) is 35.2 Å². The maximum atomic E-state index is 15.8. The summed E-state index contributed by atoms with van der Waals surface area (Å²) in [5.74, 6) is 0.130. The summed E-state index contributed by atoms with van der Waals surface area (Å²) in [6, 6.07) is 16.0. The van der Waals surface area contributed by atoms with Gasteiger partial charge in [0.25, 0.3) is 0 Å². The summed E-state index contributed by atoms with van der Waals surface area (Å²) in [5, 5.41) is 10.1. The zero-order valence-corrected chi connectivity index (χ0v) is 26.4. The highest BCUT2D eigenvalue weighted by Crippen LogP contribution is 2.47. The number of ether oxygens (including phenoxy) is 1. The van der Waals surface area contributed by atoms with Gasteiger partial charge in [0.2, 0.25) is 20.2 Å². The Morgan fingerprint density at radius 1 is 1.05 bits per heavy atom. The van der Waals surface area contributed by atoms with E-state index in [0.29, 0.717) is 19.4 Å². The number of hydrogen-bond acceptors (Lipinski definition) is 4. The predicted octanol–water partition coefficient (Wildman–Crippen LogP) is 6.20. The Morgan fingerprint density at radius 3 is 2.57 bits per heavy atom. The van der Waals surface area contributed by atoms with Crippen molar-refractivity contribution in [2.24, 2.45) is 5.92 Å². The normalized spacial score (nSPS) is 27.0. The first-order valence-electron chi connectivity index (χ1n) is 15.9. The van der Waals surface area contributed by atoms with Crippen LogP contribution in [0.2, 0.25) is 18.6 Å². The number of anilines is 1. The van der Waals surface area contributed by atoms with Gasteiger partial charge in [-0.15, -0.1) is 0 Å². The van der Waals surface area contributed by atoms with Gasteiger partial charge in [0.05, 0.1) is 31.3 Å². The van der Waals surface area contributed by atoms with Gasteiger partial charge >= 0.3 is 0 Å². The number of amides is 2. The third kappa shape index (κ3) is 6.98. The quantitative estimate of drug-likeness (QED) is 0.292. The van der Waals surface area contributed by atoms with Gasteiger partial charge in [0.15, 0.2) is 0 Å². The summed E-state index contributed by atoms with van der Waals surface area (Å²) in [5.41, 5.74) is 4.09. The summed E-state index contributed by atoms with van der Waals surface area (Å²) in [6.45, 7) is 6.67. The number of aliphatic hydroxyl groups excluding tert-OH is 1. The van der Waals surface area contributed by atoms with Gasteiger partial charge in [-0.3, -0.25) is 9.59 Å². The standard InChI is InChI=1S/C34H47FN2O4Si/c1-24-30(17-16-25-11-10-14-28(19-25)36-18-9-5-4-6-15-32(36)39)41-31(34(24)42(2,3)35)21-33(40)37-22-27-13-8-7-12-26(27)20-29(37)23-38/h7-8,10-14,19,24,29-31,34,38H,4-6,9,15-18,20-23H2,1-3H3/t24-,29+,30+,31-,34+/m1/s1. The molecule has 2 saturated heterocycles. The second-order valence-electron chi connectivity index (χ2n) is 13.1. The highest BCUT2D eigenvalue weighted by atomic mass is 28.4. The lowest BCUT2D eigenvalue weighted by atomic mass is 9.93. The van der Waals surface area contributed by atoms with Crippen LogP contribution < -0.4 is 4.90 Å². The van der Waals surface area contributed by atoms with Gasteiger partial charge in [-0.25, -0.2) is 0 Å². The topological polar surface area (TPSA) is 70.1 Å². The third-order valence-electron chi connectivity index (χ3n) is 9.72. The van der Waals surface area contributed by atoms with Crippen LogP contribution in [-0.4, -0.2) is 61.6 Å². The molecule has 2 fully saturated rings. The average molecular weight is 595 g/mol. The Kier molecular flexibility index (Phi) is 9.85. The maximum absolute atomic E-state index is 15.8. The molecule has 0 aromatic heterocycles. The van der Waals surface area contributed by atoms with Crippen molar-refractivity contribution in [2.75, 3.05) is 18.1 Å². The molecule has 1 N–H and O–H groups in total. The van der Waals surface area contributed by atoms with Crippen LogP contribution in [0.3, 0.4) is 0 Å². The van der Waals surface area contributed by atoms with Crippen molar-refractivity contribution >= 4 is 25.9 Å². The second kappa shape index (κ2) is 13.4. The zero-order valence-electron chi connectivity index (χ0n) is 25.4. The fourth-order valence-electron chi connectivity index (χ4n) is 7.53. The number of fused-ring (bicyclic) bond motifs is 1. The lowest BCUT2D eigenvalue weighted by molar-refractivity contribution is -0.138. The molecule has 0 bridgehead atoms. The monoisotopic (exact) mass is 594 g/mol. The molecule has 2 aromatic rings. The molecule has 5 rings (SSSR count). The number of hydrogen-bond donors (Lipinski definition) is 1. The summed E-state index contributed by atoms with van der Waals surface area (Å²) >= 11 is 0. The molecule has 0 radical (unpaired) electrons. The SMILES string of the molecule is C[C@H]1[C@H]([Si](C)(C)F)[C@@H](CC(=O)N2Cc3ccccc3C[C@H]2CO)O[C@H]1CCc1cccc(N2CCCCCCC2=O)c1. The Morgan fingerprint density at radius 2 is 1.81 bits per heavy atom. The van der Waals surface area contributed by atoms with Crippen LogP contribution in [0, 0.1) is 5.92 Å². The van der Waals surface area contributed by atoms with Crippen LogP contribution in [0.5, 0.6) is 0 Å². The molecular formula is C34H47FN2O4Si. The number of rotatable bonds is 8. The largest absolute Gasteiger partial charge is 0.394 e. The lowest BCUT2D eigenvalue weighted by Gasteiger charge is -2.37. The third-order valence-corrected chi connectivity index (χ3v) is 12.2. The molecule has 8 heteroatoms. The predicted molar refractivity (Wildman–Crippen MR) is 167 cm³/mol. The van der Waals surface area contributed by atoms with Crippen molar-refractivity contribution in [1.29, 1.82) is 0 Å². The average Bonchev–Trinajstić information content (AvgIpc) is 3.28. The van der Waals surface area contributed by atoms with E-state index in [4.69, 9.17) is 4.74 Å². The van der Waals surface area contributed by atoms with Crippen LogP contribution in [0.1, 0.15) is 68.6 Å².